The lowest BCUT2D eigenvalue weighted by molar-refractivity contribution is 0.0208. The third-order valence-corrected chi connectivity index (χ3v) is 7.30. The van der Waals surface area contributed by atoms with Gasteiger partial charge in [0.05, 0.1) is 24.9 Å². The van der Waals surface area contributed by atoms with Gasteiger partial charge < -0.3 is 14.8 Å². The smallest absolute Gasteiger partial charge is 0.223 e. The van der Waals surface area contributed by atoms with Gasteiger partial charge in [0.25, 0.3) is 0 Å². The van der Waals surface area contributed by atoms with E-state index >= 15 is 4.39 Å². The van der Waals surface area contributed by atoms with Crippen molar-refractivity contribution in [3.63, 3.8) is 0 Å². The minimum atomic E-state index is -0.310. The molecule has 8 heteroatoms. The maximum Gasteiger partial charge on any atom is 0.223 e. The van der Waals surface area contributed by atoms with Gasteiger partial charge in [-0.1, -0.05) is 48.0 Å². The molecule has 1 aliphatic rings. The van der Waals surface area contributed by atoms with Gasteiger partial charge in [-0.2, -0.15) is 0 Å². The van der Waals surface area contributed by atoms with Crippen LogP contribution in [0.4, 0.5) is 16.0 Å². The number of nitrogens with zero attached hydrogens (tertiary/aromatic N) is 2. The van der Waals surface area contributed by atoms with Crippen molar-refractivity contribution in [2.45, 2.75) is 20.7 Å². The number of hydrogen-bond donors (Lipinski definition) is 2. The maximum absolute atomic E-state index is 15.0. The van der Waals surface area contributed by atoms with E-state index in [1.807, 2.05) is 60.7 Å². The molecular weight excluding hydrogens is 479 g/mol. The van der Waals surface area contributed by atoms with Crippen molar-refractivity contribution in [1.82, 2.24) is 9.97 Å². The van der Waals surface area contributed by atoms with Crippen LogP contribution in [0.2, 0.25) is 0 Å². The number of anilines is 2. The van der Waals surface area contributed by atoms with Crippen LogP contribution >= 0.6 is 23.7 Å². The first-order valence-corrected chi connectivity index (χ1v) is 12.6. The van der Waals surface area contributed by atoms with Crippen molar-refractivity contribution < 1.29 is 9.13 Å². The number of benzene rings is 3. The summed E-state index contributed by atoms with van der Waals surface area (Å²) in [6.07, 6.45) is 7.28. The van der Waals surface area contributed by atoms with Crippen molar-refractivity contribution in [3.8, 4) is 23.6 Å². The van der Waals surface area contributed by atoms with Crippen LogP contribution in [0.1, 0.15) is 5.56 Å². The third-order valence-electron chi connectivity index (χ3n) is 5.26. The van der Waals surface area contributed by atoms with Gasteiger partial charge in [0.15, 0.2) is 0 Å². The Kier molecular flexibility index (Phi) is 7.19. The number of nitrogens with one attached hydrogen (secondary N) is 2. The molecular formula is C27H21FN4OS2. The van der Waals surface area contributed by atoms with E-state index in [1.165, 1.54) is 29.8 Å². The highest BCUT2D eigenvalue weighted by Crippen LogP contribution is 2.37. The van der Waals surface area contributed by atoms with Crippen molar-refractivity contribution in [3.05, 3.63) is 90.4 Å². The lowest BCUT2D eigenvalue weighted by Gasteiger charge is -2.26. The zero-order chi connectivity index (χ0) is 24.0. The Morgan fingerprint density at radius 1 is 0.971 bits per heavy atom. The molecule has 0 unspecified atom stereocenters. The van der Waals surface area contributed by atoms with E-state index < -0.39 is 0 Å². The molecule has 1 fully saturated rings. The minimum Gasteiger partial charge on any atom is -0.377 e. The molecule has 0 aliphatic carbocycles. The Labute approximate surface area is 212 Å². The highest BCUT2D eigenvalue weighted by Gasteiger charge is 2.19. The second kappa shape index (κ2) is 10.8. The summed E-state index contributed by atoms with van der Waals surface area (Å²) in [5.74, 6) is 2.91. The zero-order valence-electron chi connectivity index (χ0n) is 18.6. The number of ether oxygens (including phenoxy) is 1. The summed E-state index contributed by atoms with van der Waals surface area (Å²) >= 11 is 2.72. The summed E-state index contributed by atoms with van der Waals surface area (Å²) in [6.45, 7) is 1.30. The maximum atomic E-state index is 15.0. The second-order valence-electron chi connectivity index (χ2n) is 7.73. The third kappa shape index (κ3) is 5.60. The molecule has 1 aliphatic heterocycles. The molecule has 1 saturated heterocycles. The average Bonchev–Trinajstić information content (AvgIpc) is 2.87. The van der Waals surface area contributed by atoms with Crippen molar-refractivity contribution >= 4 is 35.3 Å². The predicted molar refractivity (Wildman–Crippen MR) is 140 cm³/mol. The molecule has 2 N–H and O–H groups in total. The second-order valence-corrected chi connectivity index (χ2v) is 9.66. The van der Waals surface area contributed by atoms with Crippen LogP contribution in [-0.4, -0.2) is 29.2 Å². The number of hydrogen-bond acceptors (Lipinski definition) is 7. The van der Waals surface area contributed by atoms with Crippen LogP contribution in [0, 0.1) is 18.2 Å². The number of halogens is 1. The Bertz CT molecular complexity index is 1390. The van der Waals surface area contributed by atoms with Gasteiger partial charge in [-0.05, 0) is 54.4 Å². The van der Waals surface area contributed by atoms with Gasteiger partial charge in [-0.25, -0.2) is 14.4 Å². The Balaban J connectivity index is 1.32. The van der Waals surface area contributed by atoms with Crippen LogP contribution in [-0.2, 0) is 4.74 Å². The molecule has 0 radical (unpaired) electrons. The van der Waals surface area contributed by atoms with Gasteiger partial charge in [0.2, 0.25) is 5.95 Å². The lowest BCUT2D eigenvalue weighted by Crippen LogP contribution is -2.40. The molecule has 35 heavy (non-hydrogen) atoms. The lowest BCUT2D eigenvalue weighted by atomic mass is 10.1. The van der Waals surface area contributed by atoms with E-state index in [-0.39, 0.29) is 11.9 Å². The quantitative estimate of drug-likeness (QED) is 0.216. The Morgan fingerprint density at radius 2 is 1.77 bits per heavy atom. The van der Waals surface area contributed by atoms with E-state index in [1.54, 1.807) is 12.3 Å². The Morgan fingerprint density at radius 3 is 2.54 bits per heavy atom. The van der Waals surface area contributed by atoms with E-state index in [2.05, 4.69) is 25.9 Å². The SMILES string of the molecule is C#Cc1ccccc1SNc1ccc(Sc2ccccc2-c2ccnc(NC3COC3)n2)c(F)c1. The summed E-state index contributed by atoms with van der Waals surface area (Å²) < 4.78 is 23.4. The summed E-state index contributed by atoms with van der Waals surface area (Å²) in [7, 11) is 0. The molecule has 0 bridgehead atoms. The molecule has 0 saturated carbocycles. The normalized spacial score (nSPS) is 13.0. The molecule has 5 rings (SSSR count). The first kappa shape index (κ1) is 23.2. The van der Waals surface area contributed by atoms with Gasteiger partial charge in [-0.15, -0.1) is 6.42 Å². The predicted octanol–water partition coefficient (Wildman–Crippen LogP) is 6.35. The standard InChI is InChI=1S/C27H21FN4OS2/c1-2-18-7-3-5-9-24(18)35-32-19-11-12-26(22(28)15-19)34-25-10-6-4-8-21(25)23-13-14-29-27(31-23)30-20-16-33-17-20/h1,3-15,20,32H,16-17H2,(H,29,30,31). The molecule has 4 aromatic rings. The summed E-state index contributed by atoms with van der Waals surface area (Å²) in [6, 6.07) is 22.7. The topological polar surface area (TPSA) is 59.1 Å². The monoisotopic (exact) mass is 500 g/mol. The van der Waals surface area contributed by atoms with Gasteiger partial charge in [0.1, 0.15) is 5.82 Å². The summed E-state index contributed by atoms with van der Waals surface area (Å²) in [4.78, 5) is 11.3. The molecule has 5 nitrogen and oxygen atoms in total. The number of aromatic nitrogens is 2. The molecule has 3 aromatic carbocycles. The first-order chi connectivity index (χ1) is 17.2. The fourth-order valence-corrected chi connectivity index (χ4v) is 5.10. The van der Waals surface area contributed by atoms with Crippen molar-refractivity contribution in [2.75, 3.05) is 23.3 Å². The molecule has 174 valence electrons. The van der Waals surface area contributed by atoms with Gasteiger partial charge in [-0.3, -0.25) is 0 Å². The van der Waals surface area contributed by atoms with E-state index in [4.69, 9.17) is 11.2 Å². The van der Waals surface area contributed by atoms with Gasteiger partial charge in [0, 0.05) is 37.7 Å². The fraction of sp³-hybridized carbons (Fsp3) is 0.111. The van der Waals surface area contributed by atoms with Crippen LogP contribution in [0.3, 0.4) is 0 Å². The van der Waals surface area contributed by atoms with Crippen molar-refractivity contribution in [1.29, 1.82) is 0 Å². The van der Waals surface area contributed by atoms with E-state index in [0.29, 0.717) is 29.7 Å². The van der Waals surface area contributed by atoms with E-state index in [9.17, 15) is 0 Å². The molecule has 2 heterocycles. The molecule has 0 spiro atoms. The number of terminal acetylenes is 1. The number of rotatable bonds is 8. The summed E-state index contributed by atoms with van der Waals surface area (Å²) in [5.41, 5.74) is 3.13. The van der Waals surface area contributed by atoms with Gasteiger partial charge >= 0.3 is 0 Å². The van der Waals surface area contributed by atoms with Crippen molar-refractivity contribution in [2.24, 2.45) is 0 Å². The summed E-state index contributed by atoms with van der Waals surface area (Å²) in [5, 5.41) is 3.27. The van der Waals surface area contributed by atoms with Crippen LogP contribution in [0.15, 0.2) is 93.7 Å². The van der Waals surface area contributed by atoms with Crippen LogP contribution in [0.25, 0.3) is 11.3 Å². The molecule has 1 aromatic heterocycles. The minimum absolute atomic E-state index is 0.231. The van der Waals surface area contributed by atoms with E-state index in [0.717, 1.165) is 26.6 Å². The fourth-order valence-electron chi connectivity index (χ4n) is 3.40. The van der Waals surface area contributed by atoms with Crippen LogP contribution in [0.5, 0.6) is 0 Å². The average molecular weight is 501 g/mol. The first-order valence-electron chi connectivity index (χ1n) is 10.9. The highest BCUT2D eigenvalue weighted by molar-refractivity contribution is 8.00. The zero-order valence-corrected chi connectivity index (χ0v) is 20.2. The largest absolute Gasteiger partial charge is 0.377 e. The highest BCUT2D eigenvalue weighted by atomic mass is 32.2. The Hall–Kier alpha value is -3.51. The van der Waals surface area contributed by atoms with Crippen LogP contribution < -0.4 is 10.0 Å². The molecule has 0 amide bonds. The molecule has 0 atom stereocenters.